The van der Waals surface area contributed by atoms with Crippen molar-refractivity contribution in [3.63, 3.8) is 0 Å². The second-order valence-corrected chi connectivity index (χ2v) is 16.7. The van der Waals surface area contributed by atoms with Gasteiger partial charge in [0.05, 0.1) is 45.6 Å². The number of hydrogen-bond donors (Lipinski definition) is 0. The minimum Gasteiger partial charge on any atom is -0.319 e. The van der Waals surface area contributed by atoms with E-state index in [0.29, 0.717) is 16.9 Å². The Morgan fingerprint density at radius 1 is 0.452 bits per heavy atom. The Hall–Kier alpha value is -7.36. The number of halogens is 3. The van der Waals surface area contributed by atoms with Crippen LogP contribution in [0.1, 0.15) is 38.9 Å². The summed E-state index contributed by atoms with van der Waals surface area (Å²) in [5.41, 5.74) is 15.8. The fourth-order valence-corrected chi connectivity index (χ4v) is 10.3. The minimum absolute atomic E-state index is 0.00982. The maximum Gasteiger partial charge on any atom is 0.417 e. The van der Waals surface area contributed by atoms with Crippen LogP contribution in [-0.4, -0.2) is 9.13 Å². The number of rotatable bonds is 5. The van der Waals surface area contributed by atoms with Crippen molar-refractivity contribution in [2.24, 2.45) is 0 Å². The third kappa shape index (κ3) is 6.02. The van der Waals surface area contributed by atoms with E-state index in [1.807, 2.05) is 41.0 Å². The smallest absolute Gasteiger partial charge is 0.319 e. The van der Waals surface area contributed by atoms with Crippen molar-refractivity contribution in [3.8, 4) is 44.8 Å². The summed E-state index contributed by atoms with van der Waals surface area (Å²) in [6.07, 6.45) is -4.64. The zero-order valence-electron chi connectivity index (χ0n) is 35.3. The molecule has 3 nitrogen and oxygen atoms in total. The Labute approximate surface area is 358 Å². The zero-order valence-corrected chi connectivity index (χ0v) is 35.3. The first-order chi connectivity index (χ1) is 29.8. The van der Waals surface area contributed by atoms with Crippen molar-refractivity contribution in [2.45, 2.75) is 47.7 Å². The Balaban J connectivity index is 1.31. The second-order valence-electron chi connectivity index (χ2n) is 16.7. The summed E-state index contributed by atoms with van der Waals surface area (Å²) in [4.78, 5) is 4.31. The summed E-state index contributed by atoms with van der Waals surface area (Å²) in [7, 11) is 0. The molecule has 302 valence electrons. The summed E-state index contributed by atoms with van der Waals surface area (Å²) >= 11 is 0. The molecule has 0 spiro atoms. The molecule has 2 aromatic heterocycles. The molecule has 0 amide bonds. The van der Waals surface area contributed by atoms with Crippen molar-refractivity contribution in [1.29, 1.82) is 0 Å². The molecule has 62 heavy (non-hydrogen) atoms. The Kier molecular flexibility index (Phi) is 9.01. The molecule has 0 aliphatic carbocycles. The van der Waals surface area contributed by atoms with E-state index in [9.17, 15) is 13.2 Å². The second kappa shape index (κ2) is 14.4. The molecule has 0 aliphatic rings. The molecule has 0 aliphatic heterocycles. The summed E-state index contributed by atoms with van der Waals surface area (Å²) < 4.78 is 49.1. The molecule has 0 saturated heterocycles. The maximum atomic E-state index is 15.0. The Bertz CT molecular complexity index is 3490. The highest BCUT2D eigenvalue weighted by Crippen LogP contribution is 2.49. The predicted octanol–water partition coefficient (Wildman–Crippen LogP) is 16.3. The molecular weight excluding hydrogens is 772 g/mol. The van der Waals surface area contributed by atoms with Crippen molar-refractivity contribution in [3.05, 3.63) is 196 Å². The lowest BCUT2D eigenvalue weighted by Crippen LogP contribution is -2.09. The van der Waals surface area contributed by atoms with E-state index in [1.165, 1.54) is 51.1 Å². The van der Waals surface area contributed by atoms with Crippen molar-refractivity contribution in [1.82, 2.24) is 9.13 Å². The van der Waals surface area contributed by atoms with Crippen LogP contribution >= 0.6 is 0 Å². The van der Waals surface area contributed by atoms with E-state index in [-0.39, 0.29) is 11.3 Å². The number of aryl methyl sites for hydroxylation is 6. The first kappa shape index (κ1) is 38.8. The fourth-order valence-electron chi connectivity index (χ4n) is 10.3. The number of nitrogens with zero attached hydrogens (tertiary/aromatic N) is 3. The molecule has 8 aromatic carbocycles. The molecule has 2 heterocycles. The van der Waals surface area contributed by atoms with Gasteiger partial charge in [0.1, 0.15) is 0 Å². The first-order valence-electron chi connectivity index (χ1n) is 20.8. The molecule has 10 rings (SSSR count). The number of alkyl halides is 3. The highest BCUT2D eigenvalue weighted by Gasteiger charge is 2.35. The van der Waals surface area contributed by atoms with Crippen molar-refractivity contribution in [2.75, 3.05) is 0 Å². The molecule has 6 heteroatoms. The lowest BCUT2D eigenvalue weighted by molar-refractivity contribution is -0.137. The van der Waals surface area contributed by atoms with Crippen LogP contribution in [0.25, 0.3) is 93.2 Å². The van der Waals surface area contributed by atoms with Gasteiger partial charge in [-0.1, -0.05) is 108 Å². The molecule has 0 radical (unpaired) electrons. The molecule has 0 fully saturated rings. The van der Waals surface area contributed by atoms with Gasteiger partial charge in [-0.25, -0.2) is 4.85 Å². The van der Waals surface area contributed by atoms with Crippen LogP contribution in [0.5, 0.6) is 0 Å². The normalized spacial score (nSPS) is 11.9. The zero-order chi connectivity index (χ0) is 43.2. The Morgan fingerprint density at radius 2 is 0.903 bits per heavy atom. The van der Waals surface area contributed by atoms with Gasteiger partial charge in [0.25, 0.3) is 0 Å². The lowest BCUT2D eigenvalue weighted by Gasteiger charge is -2.22. The van der Waals surface area contributed by atoms with Crippen LogP contribution in [-0.2, 0) is 6.18 Å². The molecule has 0 unspecified atom stereocenters. The maximum absolute atomic E-state index is 15.0. The van der Waals surface area contributed by atoms with E-state index in [1.54, 1.807) is 12.1 Å². The fraction of sp³-hybridized carbons (Fsp3) is 0.125. The summed E-state index contributed by atoms with van der Waals surface area (Å²) in [5, 5.41) is 3.92. The molecule has 0 N–H and O–H groups in total. The number of aromatic nitrogens is 2. The number of benzene rings is 8. The third-order valence-electron chi connectivity index (χ3n) is 12.5. The minimum atomic E-state index is -4.64. The van der Waals surface area contributed by atoms with Crippen LogP contribution < -0.4 is 0 Å². The van der Waals surface area contributed by atoms with Gasteiger partial charge in [-0.05, 0) is 146 Å². The van der Waals surface area contributed by atoms with E-state index in [2.05, 4.69) is 130 Å². The SMILES string of the molecule is [C-]#[N+]c1c(-n2c3ccccc3c3cc(-c4c(C)cc(C)cc4C)ccc32)ccc(-c2ccccc2C(F)(F)F)c1-n1c2ccccc2c2cc(-c3c(C)cc(C)cc3C)ccc21. The highest BCUT2D eigenvalue weighted by atomic mass is 19.4. The predicted molar refractivity (Wildman–Crippen MR) is 251 cm³/mol. The molecule has 0 bridgehead atoms. The lowest BCUT2D eigenvalue weighted by atomic mass is 9.93. The van der Waals surface area contributed by atoms with Crippen LogP contribution in [0.15, 0.2) is 146 Å². The number of fused-ring (bicyclic) bond motifs is 6. The standard InChI is InChI=1S/C56H42F3N3/c1-32-26-34(3)52(35(4)27-32)38-20-23-49-44(30-38)41-15-9-12-18-47(41)61(49)51-25-22-43(40-14-8-11-17-46(40)56(57,58)59)55(54(51)60-7)62-48-19-13-10-16-42(48)45-31-39(21-24-50(45)62)53-36(5)28-33(2)29-37(53)6/h8-31H,1-6H3. The average molecular weight is 814 g/mol. The van der Waals surface area contributed by atoms with E-state index >= 15 is 0 Å². The van der Waals surface area contributed by atoms with Gasteiger partial charge in [-0.15, -0.1) is 0 Å². The van der Waals surface area contributed by atoms with E-state index < -0.39 is 11.7 Å². The van der Waals surface area contributed by atoms with Gasteiger partial charge >= 0.3 is 6.18 Å². The molecule has 0 atom stereocenters. The molecular formula is C56H42F3N3. The largest absolute Gasteiger partial charge is 0.417 e. The van der Waals surface area contributed by atoms with Crippen LogP contribution in [0.4, 0.5) is 18.9 Å². The molecule has 10 aromatic rings. The summed E-state index contributed by atoms with van der Waals surface area (Å²) in [6, 6.07) is 47.0. The van der Waals surface area contributed by atoms with Gasteiger partial charge in [-0.2, -0.15) is 13.2 Å². The van der Waals surface area contributed by atoms with Crippen molar-refractivity contribution >= 4 is 49.3 Å². The van der Waals surface area contributed by atoms with Crippen LogP contribution in [0.3, 0.4) is 0 Å². The van der Waals surface area contributed by atoms with Crippen LogP contribution in [0, 0.1) is 48.1 Å². The van der Waals surface area contributed by atoms with E-state index in [0.717, 1.165) is 66.4 Å². The topological polar surface area (TPSA) is 14.2 Å². The van der Waals surface area contributed by atoms with E-state index in [4.69, 9.17) is 6.57 Å². The highest BCUT2D eigenvalue weighted by molar-refractivity contribution is 6.14. The Morgan fingerprint density at radius 3 is 1.42 bits per heavy atom. The monoisotopic (exact) mass is 813 g/mol. The third-order valence-corrected chi connectivity index (χ3v) is 12.5. The van der Waals surface area contributed by atoms with Gasteiger partial charge < -0.3 is 9.13 Å². The van der Waals surface area contributed by atoms with Crippen LogP contribution in [0.2, 0.25) is 0 Å². The van der Waals surface area contributed by atoms with Gasteiger partial charge in [-0.3, -0.25) is 0 Å². The summed E-state index contributed by atoms with van der Waals surface area (Å²) in [5.74, 6) is 0. The van der Waals surface area contributed by atoms with Gasteiger partial charge in [0.15, 0.2) is 0 Å². The van der Waals surface area contributed by atoms with Gasteiger partial charge in [0.2, 0.25) is 5.69 Å². The number of hydrogen-bond acceptors (Lipinski definition) is 0. The van der Waals surface area contributed by atoms with Crippen molar-refractivity contribution < 1.29 is 13.2 Å². The first-order valence-corrected chi connectivity index (χ1v) is 20.8. The molecule has 0 saturated carbocycles. The van der Waals surface area contributed by atoms with Gasteiger partial charge in [0, 0.05) is 21.5 Å². The summed E-state index contributed by atoms with van der Waals surface area (Å²) in [6.45, 7) is 21.7. The number of para-hydroxylation sites is 2. The average Bonchev–Trinajstić information content (AvgIpc) is 3.74. The quantitative estimate of drug-likeness (QED) is 0.154.